The van der Waals surface area contributed by atoms with Crippen molar-refractivity contribution in [3.05, 3.63) is 36.3 Å². The van der Waals surface area contributed by atoms with Crippen LogP contribution in [0.3, 0.4) is 0 Å². The highest BCUT2D eigenvalue weighted by Gasteiger charge is 2.19. The number of aromatic amines is 1. The monoisotopic (exact) mass is 288 g/mol. The summed E-state index contributed by atoms with van der Waals surface area (Å²) < 4.78 is 0. The van der Waals surface area contributed by atoms with E-state index < -0.39 is 0 Å². The lowest BCUT2D eigenvalue weighted by Gasteiger charge is -2.21. The summed E-state index contributed by atoms with van der Waals surface area (Å²) in [5, 5.41) is 19.0. The first-order valence-corrected chi connectivity index (χ1v) is 7.03. The number of hydrogen-bond acceptors (Lipinski definition) is 4. The molecule has 6 nitrogen and oxygen atoms in total. The molecule has 2 atom stereocenters. The van der Waals surface area contributed by atoms with Crippen molar-refractivity contribution in [1.82, 2.24) is 20.5 Å². The van der Waals surface area contributed by atoms with Gasteiger partial charge >= 0.3 is 0 Å². The first kappa shape index (κ1) is 15.2. The Labute approximate surface area is 123 Å². The zero-order valence-electron chi connectivity index (χ0n) is 12.2. The maximum Gasteiger partial charge on any atom is 0.269 e. The number of carbonyl (C=O) groups is 1. The third-order valence-corrected chi connectivity index (χ3v) is 3.62. The highest BCUT2D eigenvalue weighted by atomic mass is 16.3. The van der Waals surface area contributed by atoms with Gasteiger partial charge in [0.1, 0.15) is 5.69 Å². The molecule has 0 spiro atoms. The largest absolute Gasteiger partial charge is 0.394 e. The lowest BCUT2D eigenvalue weighted by molar-refractivity contribution is 0.0886. The topological polar surface area (TPSA) is 90.9 Å². The lowest BCUT2D eigenvalue weighted by atomic mass is 10.00. The quantitative estimate of drug-likeness (QED) is 0.753. The number of pyridine rings is 1. The van der Waals surface area contributed by atoms with Crippen molar-refractivity contribution in [2.24, 2.45) is 5.92 Å². The van der Waals surface area contributed by atoms with Crippen LogP contribution < -0.4 is 5.32 Å². The molecular formula is C15H20N4O2. The maximum absolute atomic E-state index is 12.2. The number of carbonyl (C=O) groups excluding carboxylic acids is 1. The Bertz CT molecular complexity index is 582. The number of aliphatic hydroxyl groups is 1. The van der Waals surface area contributed by atoms with Gasteiger partial charge in [0.05, 0.1) is 18.3 Å². The van der Waals surface area contributed by atoms with Crippen LogP contribution in [0, 0.1) is 5.92 Å². The van der Waals surface area contributed by atoms with Crippen molar-refractivity contribution >= 4 is 5.91 Å². The fraction of sp³-hybridized carbons (Fsp3) is 0.400. The standard InChI is InChI=1S/C15H20N4O2/c1-3-10(2)14(9-20)17-15(21)13-7-12(18-19-13)11-5-4-6-16-8-11/h4-8,10,14,20H,3,9H2,1-2H3,(H,17,21)(H,18,19)/t10-,14+/m0/s1. The van der Waals surface area contributed by atoms with Gasteiger partial charge in [-0.05, 0) is 24.1 Å². The summed E-state index contributed by atoms with van der Waals surface area (Å²) in [7, 11) is 0. The second-order valence-electron chi connectivity index (χ2n) is 5.06. The smallest absolute Gasteiger partial charge is 0.269 e. The Morgan fingerprint density at radius 2 is 2.33 bits per heavy atom. The average Bonchev–Trinajstić information content (AvgIpc) is 3.02. The van der Waals surface area contributed by atoms with Crippen LogP contribution in [0.25, 0.3) is 11.3 Å². The first-order valence-electron chi connectivity index (χ1n) is 7.03. The molecule has 0 aliphatic heterocycles. The van der Waals surface area contributed by atoms with Gasteiger partial charge in [-0.2, -0.15) is 5.10 Å². The predicted molar refractivity (Wildman–Crippen MR) is 79.6 cm³/mol. The molecule has 0 unspecified atom stereocenters. The van der Waals surface area contributed by atoms with Gasteiger partial charge in [-0.1, -0.05) is 20.3 Å². The van der Waals surface area contributed by atoms with Gasteiger partial charge in [0.25, 0.3) is 5.91 Å². The van der Waals surface area contributed by atoms with Gasteiger partial charge < -0.3 is 10.4 Å². The second-order valence-corrected chi connectivity index (χ2v) is 5.06. The molecule has 2 rings (SSSR count). The van der Waals surface area contributed by atoms with Crippen molar-refractivity contribution in [1.29, 1.82) is 0 Å². The summed E-state index contributed by atoms with van der Waals surface area (Å²) >= 11 is 0. The number of hydrogen-bond donors (Lipinski definition) is 3. The summed E-state index contributed by atoms with van der Waals surface area (Å²) in [5.74, 6) is -0.0587. The number of aromatic nitrogens is 3. The van der Waals surface area contributed by atoms with E-state index in [1.807, 2.05) is 26.0 Å². The predicted octanol–water partition coefficient (Wildman–Crippen LogP) is 1.61. The van der Waals surface area contributed by atoms with E-state index in [4.69, 9.17) is 0 Å². The van der Waals surface area contributed by atoms with Crippen molar-refractivity contribution in [2.45, 2.75) is 26.3 Å². The Balaban J connectivity index is 2.09. The molecule has 0 aliphatic rings. The molecule has 0 aliphatic carbocycles. The number of rotatable bonds is 6. The molecule has 0 saturated heterocycles. The van der Waals surface area contributed by atoms with Crippen LogP contribution in [0.5, 0.6) is 0 Å². The minimum Gasteiger partial charge on any atom is -0.394 e. The van der Waals surface area contributed by atoms with Gasteiger partial charge in [0.2, 0.25) is 0 Å². The number of H-pyrrole nitrogens is 1. The van der Waals surface area contributed by atoms with Crippen LogP contribution in [-0.2, 0) is 0 Å². The Hall–Kier alpha value is -2.21. The van der Waals surface area contributed by atoms with E-state index >= 15 is 0 Å². The number of nitrogens with zero attached hydrogens (tertiary/aromatic N) is 2. The lowest BCUT2D eigenvalue weighted by Crippen LogP contribution is -2.42. The normalized spacial score (nSPS) is 13.7. The summed E-state index contributed by atoms with van der Waals surface area (Å²) in [6.45, 7) is 3.94. The van der Waals surface area contributed by atoms with E-state index in [1.54, 1.807) is 18.5 Å². The van der Waals surface area contributed by atoms with E-state index in [2.05, 4.69) is 20.5 Å². The molecule has 0 fully saturated rings. The van der Waals surface area contributed by atoms with Crippen LogP contribution in [0.15, 0.2) is 30.6 Å². The van der Waals surface area contributed by atoms with Crippen molar-refractivity contribution in [2.75, 3.05) is 6.61 Å². The van der Waals surface area contributed by atoms with E-state index in [9.17, 15) is 9.90 Å². The van der Waals surface area contributed by atoms with Crippen molar-refractivity contribution in [3.8, 4) is 11.3 Å². The molecule has 2 aromatic heterocycles. The molecule has 1 amide bonds. The van der Waals surface area contributed by atoms with Gasteiger partial charge in [0, 0.05) is 18.0 Å². The fourth-order valence-corrected chi connectivity index (χ4v) is 2.00. The zero-order chi connectivity index (χ0) is 15.2. The van der Waals surface area contributed by atoms with E-state index in [0.717, 1.165) is 12.0 Å². The molecule has 21 heavy (non-hydrogen) atoms. The number of aliphatic hydroxyl groups excluding tert-OH is 1. The summed E-state index contributed by atoms with van der Waals surface area (Å²) in [6.07, 6.45) is 4.25. The highest BCUT2D eigenvalue weighted by molar-refractivity contribution is 5.93. The molecule has 6 heteroatoms. The third kappa shape index (κ3) is 3.66. The molecule has 0 bridgehead atoms. The highest BCUT2D eigenvalue weighted by Crippen LogP contribution is 2.16. The molecule has 3 N–H and O–H groups in total. The van der Waals surface area contributed by atoms with Crippen LogP contribution in [0.1, 0.15) is 30.8 Å². The van der Waals surface area contributed by atoms with Gasteiger partial charge in [-0.3, -0.25) is 14.9 Å². The van der Waals surface area contributed by atoms with Crippen LogP contribution in [0.2, 0.25) is 0 Å². The van der Waals surface area contributed by atoms with Gasteiger partial charge in [0.15, 0.2) is 0 Å². The minimum absolute atomic E-state index is 0.0790. The summed E-state index contributed by atoms with van der Waals surface area (Å²) in [6, 6.07) is 5.11. The van der Waals surface area contributed by atoms with Crippen LogP contribution >= 0.6 is 0 Å². The molecular weight excluding hydrogens is 268 g/mol. The second kappa shape index (κ2) is 6.99. The van der Waals surface area contributed by atoms with E-state index in [-0.39, 0.29) is 24.5 Å². The van der Waals surface area contributed by atoms with Gasteiger partial charge in [-0.25, -0.2) is 0 Å². The van der Waals surface area contributed by atoms with Crippen molar-refractivity contribution in [3.63, 3.8) is 0 Å². The molecule has 2 heterocycles. The number of nitrogens with one attached hydrogen (secondary N) is 2. The van der Waals surface area contributed by atoms with Crippen molar-refractivity contribution < 1.29 is 9.90 Å². The van der Waals surface area contributed by atoms with Crippen LogP contribution in [-0.4, -0.2) is 38.8 Å². The Morgan fingerprint density at radius 3 is 2.95 bits per heavy atom. The molecule has 112 valence electrons. The fourth-order valence-electron chi connectivity index (χ4n) is 2.00. The Morgan fingerprint density at radius 1 is 1.52 bits per heavy atom. The molecule has 0 radical (unpaired) electrons. The molecule has 0 aromatic carbocycles. The zero-order valence-corrected chi connectivity index (χ0v) is 12.2. The summed E-state index contributed by atoms with van der Waals surface area (Å²) in [5.41, 5.74) is 1.88. The SMILES string of the molecule is CC[C@H](C)[C@@H](CO)NC(=O)c1cc(-c2cccnc2)n[nH]1. The van der Waals surface area contributed by atoms with Crippen LogP contribution in [0.4, 0.5) is 0 Å². The number of amides is 1. The molecule has 2 aromatic rings. The Kier molecular flexibility index (Phi) is 5.05. The maximum atomic E-state index is 12.2. The summed E-state index contributed by atoms with van der Waals surface area (Å²) in [4.78, 5) is 16.2. The molecule has 0 saturated carbocycles. The van der Waals surface area contributed by atoms with Gasteiger partial charge in [-0.15, -0.1) is 0 Å². The minimum atomic E-state index is -0.267. The van der Waals surface area contributed by atoms with E-state index in [0.29, 0.717) is 11.4 Å². The first-order chi connectivity index (χ1) is 10.2. The van der Waals surface area contributed by atoms with E-state index in [1.165, 1.54) is 0 Å². The third-order valence-electron chi connectivity index (χ3n) is 3.62. The average molecular weight is 288 g/mol.